The smallest absolute Gasteiger partial charge is 0.264 e. The average Bonchev–Trinajstić information content (AvgIpc) is 3.14. The van der Waals surface area contributed by atoms with E-state index in [0.717, 1.165) is 22.6 Å². The number of hydrogen-bond acceptors (Lipinski definition) is 9. The van der Waals surface area contributed by atoms with Crippen molar-refractivity contribution in [3.05, 3.63) is 59.9 Å². The molecule has 0 saturated carbocycles. The predicted octanol–water partition coefficient (Wildman–Crippen LogP) is 1.64. The van der Waals surface area contributed by atoms with E-state index in [1.54, 1.807) is 19.5 Å². The van der Waals surface area contributed by atoms with Crippen LogP contribution in [0.5, 0.6) is 5.75 Å². The minimum Gasteiger partial charge on any atom is -0.497 e. The van der Waals surface area contributed by atoms with Gasteiger partial charge in [0.2, 0.25) is 11.1 Å². The number of nitrogens with two attached hydrogens (primary N) is 1. The zero-order valence-electron chi connectivity index (χ0n) is 16.6. The lowest BCUT2D eigenvalue weighted by Crippen LogP contribution is -2.25. The summed E-state index contributed by atoms with van der Waals surface area (Å²) < 4.78 is 6.37. The highest BCUT2D eigenvalue weighted by molar-refractivity contribution is 7.99. The number of thioether (sulfide) groups is 1. The van der Waals surface area contributed by atoms with Crippen LogP contribution in [0.4, 0.5) is 5.95 Å². The molecule has 0 spiro atoms. The number of rotatable bonds is 9. The molecule has 0 atom stereocenters. The van der Waals surface area contributed by atoms with E-state index in [0.29, 0.717) is 11.7 Å². The lowest BCUT2D eigenvalue weighted by Gasteiger charge is -2.06. The number of benzene rings is 1. The van der Waals surface area contributed by atoms with Gasteiger partial charge in [0.15, 0.2) is 0 Å². The van der Waals surface area contributed by atoms with E-state index in [9.17, 15) is 4.79 Å². The Morgan fingerprint density at radius 2 is 1.93 bits per heavy atom. The highest BCUT2D eigenvalue weighted by Gasteiger charge is 2.12. The van der Waals surface area contributed by atoms with Crippen molar-refractivity contribution in [2.75, 3.05) is 24.1 Å². The molecule has 0 aliphatic carbocycles. The molecule has 10 nitrogen and oxygen atoms in total. The zero-order chi connectivity index (χ0) is 21.3. The maximum atomic E-state index is 12.1. The van der Waals surface area contributed by atoms with Crippen molar-refractivity contribution in [3.63, 3.8) is 0 Å². The summed E-state index contributed by atoms with van der Waals surface area (Å²) in [6.07, 6.45) is 3.38. The molecule has 3 rings (SSSR count). The van der Waals surface area contributed by atoms with E-state index in [4.69, 9.17) is 10.6 Å². The molecule has 2 aromatic heterocycles. The van der Waals surface area contributed by atoms with Crippen LogP contribution in [-0.4, -0.2) is 44.3 Å². The molecule has 156 valence electrons. The number of hydrogen-bond donors (Lipinski definition) is 3. The fraction of sp³-hybridized carbons (Fsp3) is 0.211. The molecule has 0 aliphatic rings. The van der Waals surface area contributed by atoms with Crippen molar-refractivity contribution >= 4 is 29.3 Å². The van der Waals surface area contributed by atoms with Gasteiger partial charge in [-0.05, 0) is 36.8 Å². The summed E-state index contributed by atoms with van der Waals surface area (Å²) in [5.41, 5.74) is 5.42. The van der Waals surface area contributed by atoms with Crippen LogP contribution in [0.2, 0.25) is 0 Å². The van der Waals surface area contributed by atoms with Crippen LogP contribution in [0.1, 0.15) is 18.1 Å². The van der Waals surface area contributed by atoms with Gasteiger partial charge < -0.3 is 15.9 Å². The number of methoxy groups -OCH3 is 1. The molecule has 11 heteroatoms. The van der Waals surface area contributed by atoms with Crippen LogP contribution >= 0.6 is 11.8 Å². The van der Waals surface area contributed by atoms with Gasteiger partial charge in [-0.25, -0.2) is 10.1 Å². The standard InChI is InChI=1S/C19H22N8O2S/c1-13(15-7-9-21-10-8-15)23-24-18-25-26-19(27(18)20)30-12-17(28)22-11-14-3-5-16(29-2)6-4-14/h3-10H,11-12,20H2,1-2H3,(H,22,28)(H,24,25)/b23-13+. The van der Waals surface area contributed by atoms with E-state index >= 15 is 0 Å². The number of nitrogens with one attached hydrogen (secondary N) is 2. The second-order valence-corrected chi connectivity index (χ2v) is 7.08. The van der Waals surface area contributed by atoms with Crippen LogP contribution in [0.3, 0.4) is 0 Å². The van der Waals surface area contributed by atoms with E-state index in [1.165, 1.54) is 16.4 Å². The molecule has 1 amide bonds. The molecule has 0 saturated heterocycles. The van der Waals surface area contributed by atoms with E-state index in [1.807, 2.05) is 43.3 Å². The Kier molecular flexibility index (Phi) is 7.22. The molecule has 0 fully saturated rings. The number of amides is 1. The van der Waals surface area contributed by atoms with E-state index in [-0.39, 0.29) is 17.6 Å². The van der Waals surface area contributed by atoms with Crippen molar-refractivity contribution in [2.45, 2.75) is 18.6 Å². The number of nitrogens with zero attached hydrogens (tertiary/aromatic N) is 5. The molecule has 0 bridgehead atoms. The average molecular weight is 427 g/mol. The summed E-state index contributed by atoms with van der Waals surface area (Å²) >= 11 is 1.18. The quantitative estimate of drug-likeness (QED) is 0.204. The predicted molar refractivity (Wildman–Crippen MR) is 116 cm³/mol. The van der Waals surface area contributed by atoms with Gasteiger partial charge in [-0.1, -0.05) is 23.9 Å². The van der Waals surface area contributed by atoms with Crippen LogP contribution in [0.15, 0.2) is 59.0 Å². The SMILES string of the molecule is COc1ccc(CNC(=O)CSc2nnc(N/N=C(\C)c3ccncc3)n2N)cc1. The molecular weight excluding hydrogens is 404 g/mol. The lowest BCUT2D eigenvalue weighted by atomic mass is 10.2. The first-order chi connectivity index (χ1) is 14.6. The normalized spacial score (nSPS) is 11.2. The number of hydrazone groups is 1. The van der Waals surface area contributed by atoms with Crippen LogP contribution in [0.25, 0.3) is 0 Å². The highest BCUT2D eigenvalue weighted by Crippen LogP contribution is 2.17. The number of anilines is 1. The Morgan fingerprint density at radius 1 is 1.20 bits per heavy atom. The third-order valence-electron chi connectivity index (χ3n) is 4.07. The number of nitrogen functional groups attached to an aromatic ring is 1. The fourth-order valence-electron chi connectivity index (χ4n) is 2.37. The minimum atomic E-state index is -0.139. The lowest BCUT2D eigenvalue weighted by molar-refractivity contribution is -0.118. The number of pyridine rings is 1. The summed E-state index contributed by atoms with van der Waals surface area (Å²) in [6, 6.07) is 11.2. The number of aromatic nitrogens is 4. The summed E-state index contributed by atoms with van der Waals surface area (Å²) in [4.78, 5) is 16.1. The topological polar surface area (TPSA) is 132 Å². The van der Waals surface area contributed by atoms with Gasteiger partial charge in [0, 0.05) is 24.5 Å². The largest absolute Gasteiger partial charge is 0.497 e. The van der Waals surface area contributed by atoms with Gasteiger partial charge in [0.05, 0.1) is 18.6 Å². The van der Waals surface area contributed by atoms with Crippen LogP contribution < -0.4 is 21.3 Å². The van der Waals surface area contributed by atoms with E-state index < -0.39 is 0 Å². The van der Waals surface area contributed by atoms with Gasteiger partial charge in [-0.3, -0.25) is 9.78 Å². The maximum Gasteiger partial charge on any atom is 0.264 e. The molecule has 30 heavy (non-hydrogen) atoms. The Hall–Kier alpha value is -3.60. The van der Waals surface area contributed by atoms with Crippen molar-refractivity contribution in [1.82, 2.24) is 25.2 Å². The van der Waals surface area contributed by atoms with Crippen LogP contribution in [0, 0.1) is 0 Å². The van der Waals surface area contributed by atoms with Gasteiger partial charge in [0.1, 0.15) is 5.75 Å². The number of carbonyl (C=O) groups is 1. The van der Waals surface area contributed by atoms with Crippen molar-refractivity contribution in [2.24, 2.45) is 5.10 Å². The fourth-order valence-corrected chi connectivity index (χ4v) is 3.05. The molecule has 2 heterocycles. The molecule has 4 N–H and O–H groups in total. The second-order valence-electron chi connectivity index (χ2n) is 6.13. The second kappa shape index (κ2) is 10.3. The van der Waals surface area contributed by atoms with Crippen LogP contribution in [-0.2, 0) is 11.3 Å². The van der Waals surface area contributed by atoms with Gasteiger partial charge >= 0.3 is 0 Å². The molecular formula is C19H22N8O2S. The van der Waals surface area contributed by atoms with E-state index in [2.05, 4.69) is 31.0 Å². The van der Waals surface area contributed by atoms with Gasteiger partial charge in [0.25, 0.3) is 5.95 Å². The van der Waals surface area contributed by atoms with Gasteiger partial charge in [-0.2, -0.15) is 5.10 Å². The summed E-state index contributed by atoms with van der Waals surface area (Å²) in [6.45, 7) is 2.27. The zero-order valence-corrected chi connectivity index (χ0v) is 17.4. The Balaban J connectivity index is 1.49. The third-order valence-corrected chi connectivity index (χ3v) is 5.01. The molecule has 0 unspecified atom stereocenters. The summed E-state index contributed by atoms with van der Waals surface area (Å²) in [7, 11) is 1.61. The first-order valence-corrected chi connectivity index (χ1v) is 9.99. The number of ether oxygens (including phenoxy) is 1. The molecule has 1 aromatic carbocycles. The molecule has 3 aromatic rings. The summed E-state index contributed by atoms with van der Waals surface area (Å²) in [5.74, 6) is 7.05. The Labute approximate surface area is 177 Å². The first-order valence-electron chi connectivity index (χ1n) is 9.00. The highest BCUT2D eigenvalue weighted by atomic mass is 32.2. The Bertz CT molecular complexity index is 1010. The Morgan fingerprint density at radius 3 is 2.63 bits per heavy atom. The molecule has 0 radical (unpaired) electrons. The third kappa shape index (κ3) is 5.70. The minimum absolute atomic E-state index is 0.139. The first kappa shape index (κ1) is 21.1. The summed E-state index contributed by atoms with van der Waals surface area (Å²) in [5, 5.41) is 15.4. The maximum absolute atomic E-state index is 12.1. The van der Waals surface area contributed by atoms with Crippen molar-refractivity contribution in [3.8, 4) is 5.75 Å². The van der Waals surface area contributed by atoms with Crippen molar-refractivity contribution in [1.29, 1.82) is 0 Å². The van der Waals surface area contributed by atoms with Gasteiger partial charge in [-0.15, -0.1) is 10.2 Å². The van der Waals surface area contributed by atoms with Crippen molar-refractivity contribution < 1.29 is 9.53 Å². The molecule has 0 aliphatic heterocycles. The monoisotopic (exact) mass is 426 g/mol. The number of carbonyl (C=O) groups excluding carboxylic acids is 1.